The van der Waals surface area contributed by atoms with Crippen molar-refractivity contribution in [3.63, 3.8) is 0 Å². The fraction of sp³-hybridized carbons (Fsp3) is 0.0769. The molecule has 98 valence electrons. The Hall–Kier alpha value is -3.14. The lowest BCUT2D eigenvalue weighted by molar-refractivity contribution is 0.372. The molecule has 0 bridgehead atoms. The Labute approximate surface area is 114 Å². The van der Waals surface area contributed by atoms with E-state index in [0.29, 0.717) is 11.6 Å². The first-order valence-electron chi connectivity index (χ1n) is 5.85. The van der Waals surface area contributed by atoms with Crippen LogP contribution in [0.3, 0.4) is 0 Å². The maximum Gasteiger partial charge on any atom is 0.221 e. The molecule has 0 atom stereocenters. The Kier molecular flexibility index (Phi) is 2.89. The molecule has 2 N–H and O–H groups in total. The fourth-order valence-corrected chi connectivity index (χ4v) is 1.92. The predicted molar refractivity (Wildman–Crippen MR) is 72.2 cm³/mol. The van der Waals surface area contributed by atoms with Crippen molar-refractivity contribution in [2.75, 3.05) is 12.3 Å². The fourth-order valence-electron chi connectivity index (χ4n) is 1.92. The van der Waals surface area contributed by atoms with Gasteiger partial charge in [-0.2, -0.15) is 15.3 Å². The van der Waals surface area contributed by atoms with Crippen molar-refractivity contribution < 1.29 is 4.74 Å². The third-order valence-electron chi connectivity index (χ3n) is 2.74. The van der Waals surface area contributed by atoms with Gasteiger partial charge < -0.3 is 10.5 Å². The van der Waals surface area contributed by atoms with Crippen LogP contribution in [0.4, 0.5) is 5.95 Å². The molecule has 0 aliphatic carbocycles. The highest BCUT2D eigenvalue weighted by Gasteiger charge is 2.10. The van der Waals surface area contributed by atoms with Crippen molar-refractivity contribution in [3.8, 4) is 17.6 Å². The van der Waals surface area contributed by atoms with E-state index in [4.69, 9.17) is 15.7 Å². The number of nitrogen functional groups attached to an aromatic ring is 1. The van der Waals surface area contributed by atoms with E-state index in [0.717, 1.165) is 10.9 Å². The maximum atomic E-state index is 8.59. The van der Waals surface area contributed by atoms with E-state index in [1.807, 2.05) is 18.2 Å². The summed E-state index contributed by atoms with van der Waals surface area (Å²) >= 11 is 0. The second-order valence-electron chi connectivity index (χ2n) is 3.97. The van der Waals surface area contributed by atoms with Crippen LogP contribution in [0, 0.1) is 11.3 Å². The molecule has 0 radical (unpaired) electrons. The van der Waals surface area contributed by atoms with E-state index in [2.05, 4.69) is 15.1 Å². The molecule has 1 aromatic carbocycles. The van der Waals surface area contributed by atoms with Gasteiger partial charge in [0.1, 0.15) is 11.8 Å². The largest absolute Gasteiger partial charge is 0.478 e. The van der Waals surface area contributed by atoms with Crippen molar-refractivity contribution in [2.24, 2.45) is 0 Å². The molecule has 0 amide bonds. The monoisotopic (exact) mass is 266 g/mol. The molecular weight excluding hydrogens is 256 g/mol. The summed E-state index contributed by atoms with van der Waals surface area (Å²) in [4.78, 5) is 7.98. The average molecular weight is 266 g/mol. The van der Waals surface area contributed by atoms with Gasteiger partial charge in [-0.25, -0.2) is 9.67 Å². The van der Waals surface area contributed by atoms with E-state index in [1.54, 1.807) is 29.2 Å². The van der Waals surface area contributed by atoms with E-state index in [9.17, 15) is 0 Å². The van der Waals surface area contributed by atoms with Crippen LogP contribution in [0.25, 0.3) is 16.7 Å². The zero-order chi connectivity index (χ0) is 13.9. The molecule has 7 heteroatoms. The standard InChI is InChI=1S/C13H10N6O/c14-5-7-20-11-3-1-2-10-9(11)8-17-19(10)12-4-6-16-13(15)18-12/h1-4,6,8H,7H2,(H2,15,16,18). The smallest absolute Gasteiger partial charge is 0.221 e. The minimum atomic E-state index is -0.00918. The number of hydrogen-bond acceptors (Lipinski definition) is 6. The molecule has 0 aliphatic rings. The molecule has 3 aromatic rings. The summed E-state index contributed by atoms with van der Waals surface area (Å²) < 4.78 is 7.01. The number of anilines is 1. The highest BCUT2D eigenvalue weighted by atomic mass is 16.5. The molecule has 0 fully saturated rings. The zero-order valence-corrected chi connectivity index (χ0v) is 10.4. The lowest BCUT2D eigenvalue weighted by Crippen LogP contribution is -2.03. The van der Waals surface area contributed by atoms with E-state index in [-0.39, 0.29) is 12.6 Å². The average Bonchev–Trinajstić information content (AvgIpc) is 2.89. The van der Waals surface area contributed by atoms with Crippen molar-refractivity contribution in [2.45, 2.75) is 0 Å². The molecule has 2 aromatic heterocycles. The molecule has 3 rings (SSSR count). The second kappa shape index (κ2) is 4.85. The lowest BCUT2D eigenvalue weighted by Gasteiger charge is -2.05. The summed E-state index contributed by atoms with van der Waals surface area (Å²) in [5.74, 6) is 1.37. The van der Waals surface area contributed by atoms with Gasteiger partial charge in [-0.1, -0.05) is 6.07 Å². The second-order valence-corrected chi connectivity index (χ2v) is 3.97. The SMILES string of the molecule is N#CCOc1cccc2c1cnn2-c1ccnc(N)n1. The Balaban J connectivity index is 2.13. The maximum absolute atomic E-state index is 8.59. The first-order chi connectivity index (χ1) is 9.79. The molecule has 7 nitrogen and oxygen atoms in total. The van der Waals surface area contributed by atoms with Gasteiger partial charge in [-0.3, -0.25) is 0 Å². The zero-order valence-electron chi connectivity index (χ0n) is 10.4. The highest BCUT2D eigenvalue weighted by molar-refractivity contribution is 5.86. The van der Waals surface area contributed by atoms with Crippen LogP contribution in [-0.4, -0.2) is 26.4 Å². The van der Waals surface area contributed by atoms with E-state index in [1.165, 1.54) is 0 Å². The van der Waals surface area contributed by atoms with Gasteiger partial charge >= 0.3 is 0 Å². The number of nitriles is 1. The Morgan fingerprint density at radius 2 is 2.25 bits per heavy atom. The van der Waals surface area contributed by atoms with Crippen LogP contribution in [0.15, 0.2) is 36.7 Å². The van der Waals surface area contributed by atoms with Crippen LogP contribution >= 0.6 is 0 Å². The minimum Gasteiger partial charge on any atom is -0.478 e. The summed E-state index contributed by atoms with van der Waals surface area (Å²) in [5, 5.41) is 13.7. The summed E-state index contributed by atoms with van der Waals surface area (Å²) in [6, 6.07) is 9.17. The predicted octanol–water partition coefficient (Wildman–Crippen LogP) is 1.30. The molecule has 0 aliphatic heterocycles. The third-order valence-corrected chi connectivity index (χ3v) is 2.74. The minimum absolute atomic E-state index is 0.00918. The molecule has 20 heavy (non-hydrogen) atoms. The van der Waals surface area contributed by atoms with Gasteiger partial charge in [0.05, 0.1) is 17.1 Å². The van der Waals surface area contributed by atoms with Crippen molar-refractivity contribution >= 4 is 16.9 Å². The molecular formula is C13H10N6O. The van der Waals surface area contributed by atoms with Crippen LogP contribution in [0.2, 0.25) is 0 Å². The first-order valence-corrected chi connectivity index (χ1v) is 5.85. The quantitative estimate of drug-likeness (QED) is 0.766. The van der Waals surface area contributed by atoms with Crippen molar-refractivity contribution in [1.82, 2.24) is 19.7 Å². The Morgan fingerprint density at radius 3 is 3.05 bits per heavy atom. The molecule has 0 unspecified atom stereocenters. The van der Waals surface area contributed by atoms with Crippen LogP contribution in [-0.2, 0) is 0 Å². The van der Waals surface area contributed by atoms with Gasteiger partial charge in [-0.15, -0.1) is 0 Å². The van der Waals surface area contributed by atoms with Crippen molar-refractivity contribution in [3.05, 3.63) is 36.7 Å². The van der Waals surface area contributed by atoms with Crippen LogP contribution in [0.5, 0.6) is 5.75 Å². The number of nitrogens with zero attached hydrogens (tertiary/aromatic N) is 5. The van der Waals surface area contributed by atoms with Crippen LogP contribution < -0.4 is 10.5 Å². The van der Waals surface area contributed by atoms with Gasteiger partial charge in [-0.05, 0) is 12.1 Å². The number of rotatable bonds is 3. The Bertz CT molecular complexity index is 804. The number of aromatic nitrogens is 4. The highest BCUT2D eigenvalue weighted by Crippen LogP contribution is 2.26. The molecule has 0 saturated carbocycles. The molecule has 0 saturated heterocycles. The van der Waals surface area contributed by atoms with E-state index < -0.39 is 0 Å². The summed E-state index contributed by atoms with van der Waals surface area (Å²) in [5.41, 5.74) is 6.40. The topological polar surface area (TPSA) is 103 Å². The first kappa shape index (κ1) is 11.9. The molecule has 0 spiro atoms. The molecule has 2 heterocycles. The summed E-state index contributed by atoms with van der Waals surface area (Å²) in [6.07, 6.45) is 3.24. The van der Waals surface area contributed by atoms with E-state index >= 15 is 0 Å². The van der Waals surface area contributed by atoms with Crippen molar-refractivity contribution in [1.29, 1.82) is 5.26 Å². The normalized spacial score (nSPS) is 10.3. The Morgan fingerprint density at radius 1 is 1.35 bits per heavy atom. The van der Waals surface area contributed by atoms with Crippen LogP contribution in [0.1, 0.15) is 0 Å². The number of nitrogens with two attached hydrogens (primary N) is 1. The number of benzene rings is 1. The number of fused-ring (bicyclic) bond motifs is 1. The third kappa shape index (κ3) is 1.99. The van der Waals surface area contributed by atoms with Gasteiger partial charge in [0, 0.05) is 12.3 Å². The van der Waals surface area contributed by atoms with Gasteiger partial charge in [0.15, 0.2) is 12.4 Å². The number of ether oxygens (including phenoxy) is 1. The van der Waals surface area contributed by atoms with Gasteiger partial charge in [0.2, 0.25) is 5.95 Å². The number of hydrogen-bond donors (Lipinski definition) is 1. The summed E-state index contributed by atoms with van der Waals surface area (Å²) in [7, 11) is 0. The summed E-state index contributed by atoms with van der Waals surface area (Å²) in [6.45, 7) is -0.00918. The lowest BCUT2D eigenvalue weighted by atomic mass is 10.2. The van der Waals surface area contributed by atoms with Gasteiger partial charge in [0.25, 0.3) is 0 Å².